The first-order valence-corrected chi connectivity index (χ1v) is 10.4. The summed E-state index contributed by atoms with van der Waals surface area (Å²) in [5, 5.41) is 6.39. The van der Waals surface area contributed by atoms with Crippen molar-refractivity contribution in [1.29, 1.82) is 0 Å². The molecular weight excluding hydrogens is 373 g/mol. The maximum atomic E-state index is 12.1. The summed E-state index contributed by atoms with van der Waals surface area (Å²) in [6.45, 7) is 10.6. The van der Waals surface area contributed by atoms with Gasteiger partial charge in [-0.3, -0.25) is 9.89 Å². The Morgan fingerprint density at radius 2 is 1.82 bits per heavy atom. The highest BCUT2D eigenvalue weighted by Crippen LogP contribution is 2.20. The quantitative estimate of drug-likeness (QED) is 0.294. The number of alkyl halides is 3. The fourth-order valence-electron chi connectivity index (χ4n) is 3.40. The number of hydrogen-bond donors (Lipinski definition) is 2. The molecule has 0 aliphatic carbocycles. The third kappa shape index (κ3) is 10.5. The third-order valence-corrected chi connectivity index (χ3v) is 4.91. The maximum Gasteiger partial charge on any atom is 0.411 e. The van der Waals surface area contributed by atoms with E-state index in [9.17, 15) is 13.2 Å². The Hall–Kier alpha value is -1.06. The highest BCUT2D eigenvalue weighted by Gasteiger charge is 2.27. The lowest BCUT2D eigenvalue weighted by atomic mass is 9.92. The van der Waals surface area contributed by atoms with Crippen molar-refractivity contribution in [2.24, 2.45) is 10.9 Å². The first kappa shape index (κ1) is 25.0. The fourth-order valence-corrected chi connectivity index (χ4v) is 3.40. The standard InChI is InChI=1S/C19H37F3N4O2/c1-4-16(5-2)17(26-9-12-27-13-10-26)14-25-18(23-6-3)24-8-7-11-28-15-19(20,21)22/h16-17H,4-15H2,1-3H3,(H2,23,24,25). The number of morpholine rings is 1. The van der Waals surface area contributed by atoms with Crippen molar-refractivity contribution in [3.05, 3.63) is 0 Å². The van der Waals surface area contributed by atoms with E-state index in [2.05, 4.69) is 34.1 Å². The van der Waals surface area contributed by atoms with E-state index < -0.39 is 12.8 Å². The molecule has 1 aliphatic rings. The van der Waals surface area contributed by atoms with Crippen LogP contribution < -0.4 is 10.6 Å². The molecule has 1 fully saturated rings. The van der Waals surface area contributed by atoms with E-state index in [4.69, 9.17) is 9.73 Å². The smallest absolute Gasteiger partial charge is 0.379 e. The number of halogens is 3. The van der Waals surface area contributed by atoms with Crippen molar-refractivity contribution in [2.45, 2.75) is 52.3 Å². The van der Waals surface area contributed by atoms with Crippen LogP contribution in [0.4, 0.5) is 13.2 Å². The number of guanidine groups is 1. The number of rotatable bonds is 12. The molecule has 2 N–H and O–H groups in total. The van der Waals surface area contributed by atoms with Crippen LogP contribution in [0.2, 0.25) is 0 Å². The lowest BCUT2D eigenvalue weighted by Gasteiger charge is -2.38. The summed E-state index contributed by atoms with van der Waals surface area (Å²) in [5.74, 6) is 1.27. The summed E-state index contributed by atoms with van der Waals surface area (Å²) in [4.78, 5) is 7.23. The van der Waals surface area contributed by atoms with Crippen LogP contribution in [-0.2, 0) is 9.47 Å². The van der Waals surface area contributed by atoms with Crippen LogP contribution >= 0.6 is 0 Å². The van der Waals surface area contributed by atoms with Gasteiger partial charge in [0.15, 0.2) is 5.96 Å². The van der Waals surface area contributed by atoms with Crippen LogP contribution in [0, 0.1) is 5.92 Å². The lowest BCUT2D eigenvalue weighted by Crippen LogP contribution is -2.49. The van der Waals surface area contributed by atoms with Crippen LogP contribution in [0.15, 0.2) is 4.99 Å². The summed E-state index contributed by atoms with van der Waals surface area (Å²) in [7, 11) is 0. The van der Waals surface area contributed by atoms with E-state index in [0.29, 0.717) is 37.4 Å². The topological polar surface area (TPSA) is 58.1 Å². The van der Waals surface area contributed by atoms with Gasteiger partial charge in [-0.2, -0.15) is 13.2 Å². The van der Waals surface area contributed by atoms with Gasteiger partial charge in [-0.25, -0.2) is 0 Å². The predicted molar refractivity (Wildman–Crippen MR) is 106 cm³/mol. The van der Waals surface area contributed by atoms with Gasteiger partial charge in [0.05, 0.1) is 19.8 Å². The monoisotopic (exact) mass is 410 g/mol. The molecule has 6 nitrogen and oxygen atoms in total. The van der Waals surface area contributed by atoms with Crippen molar-refractivity contribution >= 4 is 5.96 Å². The second-order valence-corrected chi connectivity index (χ2v) is 6.96. The Bertz CT molecular complexity index is 426. The minimum atomic E-state index is -4.27. The fraction of sp³-hybridized carbons (Fsp3) is 0.947. The number of nitrogens with zero attached hydrogens (tertiary/aromatic N) is 2. The van der Waals surface area contributed by atoms with Crippen LogP contribution in [0.1, 0.15) is 40.0 Å². The zero-order valence-electron chi connectivity index (χ0n) is 17.5. The van der Waals surface area contributed by atoms with Crippen LogP contribution in [-0.4, -0.2) is 82.2 Å². The van der Waals surface area contributed by atoms with Gasteiger partial charge >= 0.3 is 6.18 Å². The summed E-state index contributed by atoms with van der Waals surface area (Å²) >= 11 is 0. The van der Waals surface area contributed by atoms with Crippen molar-refractivity contribution in [3.63, 3.8) is 0 Å². The molecule has 1 unspecified atom stereocenters. The second kappa shape index (κ2) is 14.0. The minimum absolute atomic E-state index is 0.0655. The van der Waals surface area contributed by atoms with Crippen LogP contribution in [0.5, 0.6) is 0 Å². The molecule has 1 heterocycles. The Balaban J connectivity index is 2.53. The normalized spacial score (nSPS) is 17.8. The second-order valence-electron chi connectivity index (χ2n) is 6.96. The predicted octanol–water partition coefficient (Wildman–Crippen LogP) is 2.65. The molecule has 1 saturated heterocycles. The average molecular weight is 411 g/mol. The molecule has 0 spiro atoms. The van der Waals surface area contributed by atoms with Gasteiger partial charge in [0.1, 0.15) is 6.61 Å². The largest absolute Gasteiger partial charge is 0.411 e. The Kier molecular flexibility index (Phi) is 12.5. The molecule has 0 aromatic carbocycles. The maximum absolute atomic E-state index is 12.1. The van der Waals surface area contributed by atoms with E-state index in [1.165, 1.54) is 0 Å². The van der Waals surface area contributed by atoms with Gasteiger partial charge < -0.3 is 20.1 Å². The molecule has 0 aromatic rings. The van der Waals surface area contributed by atoms with E-state index in [1.54, 1.807) is 0 Å². The van der Waals surface area contributed by atoms with Crippen molar-refractivity contribution in [2.75, 3.05) is 59.2 Å². The molecule has 1 rings (SSSR count). The van der Waals surface area contributed by atoms with Crippen LogP contribution in [0.25, 0.3) is 0 Å². The van der Waals surface area contributed by atoms with E-state index in [1.807, 2.05) is 6.92 Å². The van der Waals surface area contributed by atoms with Crippen molar-refractivity contribution < 1.29 is 22.6 Å². The first-order chi connectivity index (χ1) is 13.4. The van der Waals surface area contributed by atoms with Crippen molar-refractivity contribution in [1.82, 2.24) is 15.5 Å². The molecule has 0 aromatic heterocycles. The average Bonchev–Trinajstić information content (AvgIpc) is 2.67. The molecule has 0 amide bonds. The summed E-state index contributed by atoms with van der Waals surface area (Å²) in [5.41, 5.74) is 0. The first-order valence-electron chi connectivity index (χ1n) is 10.4. The molecule has 28 heavy (non-hydrogen) atoms. The van der Waals surface area contributed by atoms with Gasteiger partial charge in [0.2, 0.25) is 0 Å². The zero-order chi connectivity index (χ0) is 20.8. The summed E-state index contributed by atoms with van der Waals surface area (Å²) in [6.07, 6.45) is -1.57. The van der Waals surface area contributed by atoms with Gasteiger partial charge in [-0.15, -0.1) is 0 Å². The molecule has 9 heteroatoms. The van der Waals surface area contributed by atoms with Gasteiger partial charge in [0, 0.05) is 38.8 Å². The zero-order valence-corrected chi connectivity index (χ0v) is 17.5. The number of aliphatic imine (C=N–C) groups is 1. The van der Waals surface area contributed by atoms with E-state index >= 15 is 0 Å². The Morgan fingerprint density at radius 3 is 2.39 bits per heavy atom. The minimum Gasteiger partial charge on any atom is -0.379 e. The van der Waals surface area contributed by atoms with Gasteiger partial charge in [-0.05, 0) is 19.3 Å². The van der Waals surface area contributed by atoms with E-state index in [0.717, 1.165) is 45.7 Å². The number of nitrogens with one attached hydrogen (secondary N) is 2. The highest BCUT2D eigenvalue weighted by molar-refractivity contribution is 5.79. The molecule has 1 atom stereocenters. The number of ether oxygens (including phenoxy) is 2. The Morgan fingerprint density at radius 1 is 1.14 bits per heavy atom. The molecular formula is C19H37F3N4O2. The molecule has 1 aliphatic heterocycles. The Labute approximate surface area is 167 Å². The highest BCUT2D eigenvalue weighted by atomic mass is 19.4. The molecule has 166 valence electrons. The number of hydrogen-bond acceptors (Lipinski definition) is 4. The summed E-state index contributed by atoms with van der Waals surface area (Å²) in [6, 6.07) is 0.365. The molecule has 0 bridgehead atoms. The molecule has 0 radical (unpaired) electrons. The SMILES string of the molecule is CCNC(=NCC(C(CC)CC)N1CCOCC1)NCCCOCC(F)(F)F. The third-order valence-electron chi connectivity index (χ3n) is 4.91. The summed E-state index contributed by atoms with van der Waals surface area (Å²) < 4.78 is 46.3. The van der Waals surface area contributed by atoms with Crippen LogP contribution in [0.3, 0.4) is 0 Å². The lowest BCUT2D eigenvalue weighted by molar-refractivity contribution is -0.173. The van der Waals surface area contributed by atoms with Gasteiger partial charge in [0.25, 0.3) is 0 Å². The van der Waals surface area contributed by atoms with Crippen molar-refractivity contribution in [3.8, 4) is 0 Å². The molecule has 0 saturated carbocycles. The van der Waals surface area contributed by atoms with E-state index in [-0.39, 0.29) is 6.61 Å². The van der Waals surface area contributed by atoms with Gasteiger partial charge in [-0.1, -0.05) is 26.7 Å².